The molecule has 0 atom stereocenters. The third-order valence-corrected chi connectivity index (χ3v) is 4.74. The standard InChI is InChI=1S/C20H32N4O2.HI/c1-4-26-13-12-20(10-11-20)16-23-19(22-15-18(25)24(2)3)21-14-17-8-6-5-7-9-17;/h5-9H,4,10-16H2,1-3H3,(H2,21,22,23);1H. The van der Waals surface area contributed by atoms with Gasteiger partial charge in [-0.15, -0.1) is 24.0 Å². The van der Waals surface area contributed by atoms with E-state index in [1.807, 2.05) is 25.1 Å². The second-order valence-corrected chi connectivity index (χ2v) is 7.09. The zero-order valence-corrected chi connectivity index (χ0v) is 19.0. The molecule has 0 aliphatic heterocycles. The third kappa shape index (κ3) is 8.92. The van der Waals surface area contributed by atoms with E-state index < -0.39 is 0 Å². The number of halogens is 1. The van der Waals surface area contributed by atoms with Crippen LogP contribution in [0.15, 0.2) is 35.3 Å². The Morgan fingerprint density at radius 1 is 1.22 bits per heavy atom. The van der Waals surface area contributed by atoms with Gasteiger partial charge in [0.25, 0.3) is 0 Å². The van der Waals surface area contributed by atoms with Gasteiger partial charge in [0.2, 0.25) is 5.91 Å². The number of aliphatic imine (C=N–C) groups is 1. The highest BCUT2D eigenvalue weighted by Crippen LogP contribution is 2.48. The molecule has 0 unspecified atom stereocenters. The van der Waals surface area contributed by atoms with Gasteiger partial charge < -0.3 is 20.3 Å². The summed E-state index contributed by atoms with van der Waals surface area (Å²) in [6, 6.07) is 10.1. The first-order valence-electron chi connectivity index (χ1n) is 9.39. The van der Waals surface area contributed by atoms with Crippen molar-refractivity contribution in [3.63, 3.8) is 0 Å². The lowest BCUT2D eigenvalue weighted by molar-refractivity contribution is -0.127. The molecule has 0 radical (unpaired) electrons. The highest BCUT2D eigenvalue weighted by molar-refractivity contribution is 14.0. The Morgan fingerprint density at radius 2 is 1.93 bits per heavy atom. The summed E-state index contributed by atoms with van der Waals surface area (Å²) in [7, 11) is 3.51. The second-order valence-electron chi connectivity index (χ2n) is 7.09. The number of likely N-dealkylation sites (N-methyl/N-ethyl adjacent to an activating group) is 1. The minimum atomic E-state index is 0. The Balaban J connectivity index is 0.00000364. The zero-order valence-electron chi connectivity index (χ0n) is 16.7. The molecule has 0 bridgehead atoms. The number of hydrogen-bond donors (Lipinski definition) is 2. The molecular formula is C20H33IN4O2. The fourth-order valence-corrected chi connectivity index (χ4v) is 2.64. The average molecular weight is 488 g/mol. The SMILES string of the molecule is CCOCCC1(CNC(=NCc2ccccc2)NCC(=O)N(C)C)CC1.I. The van der Waals surface area contributed by atoms with Gasteiger partial charge in [-0.25, -0.2) is 4.99 Å². The molecule has 1 aliphatic carbocycles. The molecule has 1 aromatic carbocycles. The molecule has 0 saturated heterocycles. The molecule has 6 nitrogen and oxygen atoms in total. The van der Waals surface area contributed by atoms with Crippen molar-refractivity contribution in [1.82, 2.24) is 15.5 Å². The molecule has 1 fully saturated rings. The van der Waals surface area contributed by atoms with Crippen molar-refractivity contribution in [2.75, 3.05) is 40.4 Å². The predicted molar refractivity (Wildman–Crippen MR) is 120 cm³/mol. The first kappa shape index (κ1) is 23.7. The molecular weight excluding hydrogens is 455 g/mol. The minimum absolute atomic E-state index is 0. The van der Waals surface area contributed by atoms with Crippen molar-refractivity contribution in [2.45, 2.75) is 32.7 Å². The van der Waals surface area contributed by atoms with E-state index in [1.54, 1.807) is 19.0 Å². The smallest absolute Gasteiger partial charge is 0.241 e. The van der Waals surface area contributed by atoms with Crippen LogP contribution in [0.1, 0.15) is 31.7 Å². The normalized spacial score (nSPS) is 14.9. The number of guanidine groups is 1. The Bertz CT molecular complexity index is 589. The van der Waals surface area contributed by atoms with Crippen molar-refractivity contribution in [3.05, 3.63) is 35.9 Å². The molecule has 0 heterocycles. The van der Waals surface area contributed by atoms with Crippen molar-refractivity contribution < 1.29 is 9.53 Å². The van der Waals surface area contributed by atoms with E-state index in [-0.39, 0.29) is 36.4 Å². The predicted octanol–water partition coefficient (Wildman–Crippen LogP) is 2.63. The molecule has 7 heteroatoms. The third-order valence-electron chi connectivity index (χ3n) is 4.74. The number of carbonyl (C=O) groups excluding carboxylic acids is 1. The Kier molecular flexibility index (Phi) is 10.7. The van der Waals surface area contributed by atoms with Crippen LogP contribution in [-0.4, -0.2) is 57.2 Å². The molecule has 0 aromatic heterocycles. The quantitative estimate of drug-likeness (QED) is 0.230. The fourth-order valence-electron chi connectivity index (χ4n) is 2.64. The summed E-state index contributed by atoms with van der Waals surface area (Å²) in [5, 5.41) is 6.58. The average Bonchev–Trinajstić information content (AvgIpc) is 3.42. The van der Waals surface area contributed by atoms with E-state index >= 15 is 0 Å². The molecule has 2 N–H and O–H groups in total. The van der Waals surface area contributed by atoms with Gasteiger partial charge in [0.1, 0.15) is 0 Å². The summed E-state index contributed by atoms with van der Waals surface area (Å²) >= 11 is 0. The Morgan fingerprint density at radius 3 is 2.52 bits per heavy atom. The number of rotatable bonds is 10. The van der Waals surface area contributed by atoms with Gasteiger partial charge in [0.15, 0.2) is 5.96 Å². The van der Waals surface area contributed by atoms with Gasteiger partial charge in [-0.2, -0.15) is 0 Å². The number of nitrogens with one attached hydrogen (secondary N) is 2. The van der Waals surface area contributed by atoms with Crippen molar-refractivity contribution in [2.24, 2.45) is 10.4 Å². The fraction of sp³-hybridized carbons (Fsp3) is 0.600. The number of amides is 1. The maximum Gasteiger partial charge on any atom is 0.241 e. The van der Waals surface area contributed by atoms with Crippen molar-refractivity contribution >= 4 is 35.8 Å². The second kappa shape index (κ2) is 12.2. The molecule has 1 amide bonds. The number of nitrogens with zero attached hydrogens (tertiary/aromatic N) is 2. The van der Waals surface area contributed by atoms with Crippen LogP contribution in [0.4, 0.5) is 0 Å². The topological polar surface area (TPSA) is 66.0 Å². The number of benzene rings is 1. The molecule has 1 saturated carbocycles. The molecule has 152 valence electrons. The summed E-state index contributed by atoms with van der Waals surface area (Å²) in [4.78, 5) is 18.1. The highest BCUT2D eigenvalue weighted by Gasteiger charge is 2.41. The summed E-state index contributed by atoms with van der Waals surface area (Å²) in [6.45, 7) is 5.27. The summed E-state index contributed by atoms with van der Waals surface area (Å²) in [5.74, 6) is 0.712. The van der Waals surface area contributed by atoms with E-state index in [0.29, 0.717) is 17.9 Å². The molecule has 0 spiro atoms. The number of hydrogen-bond acceptors (Lipinski definition) is 3. The summed E-state index contributed by atoms with van der Waals surface area (Å²) in [5.41, 5.74) is 1.46. The largest absolute Gasteiger partial charge is 0.382 e. The lowest BCUT2D eigenvalue weighted by atomic mass is 10.0. The first-order chi connectivity index (χ1) is 12.5. The van der Waals surface area contributed by atoms with Crippen molar-refractivity contribution in [3.8, 4) is 0 Å². The maximum atomic E-state index is 11.9. The van der Waals surface area contributed by atoms with E-state index in [0.717, 1.165) is 31.7 Å². The van der Waals surface area contributed by atoms with Crippen LogP contribution < -0.4 is 10.6 Å². The van der Waals surface area contributed by atoms with E-state index in [1.165, 1.54) is 12.8 Å². The molecule has 27 heavy (non-hydrogen) atoms. The summed E-state index contributed by atoms with van der Waals surface area (Å²) < 4.78 is 5.50. The van der Waals surface area contributed by atoms with Gasteiger partial charge in [-0.3, -0.25) is 4.79 Å². The lowest BCUT2D eigenvalue weighted by Gasteiger charge is -2.19. The zero-order chi connectivity index (χ0) is 18.8. The van der Waals surface area contributed by atoms with Crippen LogP contribution in [-0.2, 0) is 16.1 Å². The van der Waals surface area contributed by atoms with Crippen LogP contribution in [0.3, 0.4) is 0 Å². The summed E-state index contributed by atoms with van der Waals surface area (Å²) in [6.07, 6.45) is 3.50. The number of carbonyl (C=O) groups is 1. The first-order valence-corrected chi connectivity index (χ1v) is 9.39. The van der Waals surface area contributed by atoms with Gasteiger partial charge in [0.05, 0.1) is 13.1 Å². The minimum Gasteiger partial charge on any atom is -0.382 e. The van der Waals surface area contributed by atoms with E-state index in [9.17, 15) is 4.79 Å². The van der Waals surface area contributed by atoms with Crippen LogP contribution in [0.25, 0.3) is 0 Å². The van der Waals surface area contributed by atoms with Crippen LogP contribution in [0.2, 0.25) is 0 Å². The van der Waals surface area contributed by atoms with Gasteiger partial charge in [-0.05, 0) is 37.2 Å². The van der Waals surface area contributed by atoms with Crippen LogP contribution in [0.5, 0.6) is 0 Å². The van der Waals surface area contributed by atoms with Gasteiger partial charge >= 0.3 is 0 Å². The lowest BCUT2D eigenvalue weighted by Crippen LogP contribution is -2.44. The van der Waals surface area contributed by atoms with Crippen LogP contribution >= 0.6 is 24.0 Å². The van der Waals surface area contributed by atoms with E-state index in [4.69, 9.17) is 4.74 Å². The Labute approximate surface area is 180 Å². The van der Waals surface area contributed by atoms with Gasteiger partial charge in [-0.1, -0.05) is 30.3 Å². The molecule has 1 aliphatic rings. The Hall–Kier alpha value is -1.35. The van der Waals surface area contributed by atoms with Crippen LogP contribution in [0, 0.1) is 5.41 Å². The number of ether oxygens (including phenoxy) is 1. The molecule has 2 rings (SSSR count). The van der Waals surface area contributed by atoms with E-state index in [2.05, 4.69) is 27.8 Å². The van der Waals surface area contributed by atoms with Crippen molar-refractivity contribution in [1.29, 1.82) is 0 Å². The monoisotopic (exact) mass is 488 g/mol. The molecule has 1 aromatic rings. The highest BCUT2D eigenvalue weighted by atomic mass is 127. The maximum absolute atomic E-state index is 11.9. The van der Waals surface area contributed by atoms with Gasteiger partial charge in [0, 0.05) is 33.9 Å².